The number of hydrogen-bond acceptors (Lipinski definition) is 3. The first kappa shape index (κ1) is 17.0. The summed E-state index contributed by atoms with van der Waals surface area (Å²) in [5, 5.41) is 25.4. The zero-order valence-corrected chi connectivity index (χ0v) is 6.27. The summed E-state index contributed by atoms with van der Waals surface area (Å²) in [6.45, 7) is 0.156. The van der Waals surface area contributed by atoms with Crippen molar-refractivity contribution in [1.29, 1.82) is 0 Å². The molecule has 0 aromatic rings. The van der Waals surface area contributed by atoms with Gasteiger partial charge in [0.25, 0.3) is 0 Å². The molecule has 0 atom stereocenters. The fraction of sp³-hybridized carbons (Fsp3) is 1.00. The fourth-order valence-corrected chi connectivity index (χ4v) is 0.620. The molecular weight excluding hydrogens is 158 g/mol. The first-order valence-corrected chi connectivity index (χ1v) is 3.17. The second-order valence-electron chi connectivity index (χ2n) is 2.10. The minimum Gasteiger partial charge on any atom is -0.396 e. The standard InChI is InChI=1S/C6H14O3.2FH/c7-3-1-2-6(4-8)5-9;;/h6-9H,1-5H2;2*1H. The SMILES string of the molecule is F.F.OCCCC(CO)CO. The molecule has 0 rings (SSSR count). The van der Waals surface area contributed by atoms with Crippen LogP contribution in [0.2, 0.25) is 0 Å². The van der Waals surface area contributed by atoms with E-state index in [1.807, 2.05) is 0 Å². The van der Waals surface area contributed by atoms with E-state index < -0.39 is 0 Å². The van der Waals surface area contributed by atoms with Crippen molar-refractivity contribution < 1.29 is 24.7 Å². The Labute approximate surface area is 64.4 Å². The molecular formula is C6H16F2O3. The third-order valence-corrected chi connectivity index (χ3v) is 1.29. The van der Waals surface area contributed by atoms with Crippen LogP contribution in [0.15, 0.2) is 0 Å². The van der Waals surface area contributed by atoms with Gasteiger partial charge in [0.2, 0.25) is 0 Å². The highest BCUT2D eigenvalue weighted by Gasteiger charge is 2.03. The molecule has 0 amide bonds. The summed E-state index contributed by atoms with van der Waals surface area (Å²) in [6.07, 6.45) is 1.36. The number of hydrogen-bond donors (Lipinski definition) is 3. The third-order valence-electron chi connectivity index (χ3n) is 1.29. The summed E-state index contributed by atoms with van der Waals surface area (Å²) in [5.74, 6) is -0.0443. The van der Waals surface area contributed by atoms with E-state index >= 15 is 0 Å². The van der Waals surface area contributed by atoms with Gasteiger partial charge in [-0.2, -0.15) is 0 Å². The summed E-state index contributed by atoms with van der Waals surface area (Å²) in [7, 11) is 0. The zero-order chi connectivity index (χ0) is 7.11. The Kier molecular flexibility index (Phi) is 19.2. The molecule has 5 heteroatoms. The van der Waals surface area contributed by atoms with E-state index in [1.165, 1.54) is 0 Å². The Morgan fingerprint density at radius 2 is 1.36 bits per heavy atom. The summed E-state index contributed by atoms with van der Waals surface area (Å²) in [5.41, 5.74) is 0. The molecule has 0 bridgehead atoms. The summed E-state index contributed by atoms with van der Waals surface area (Å²) in [4.78, 5) is 0. The van der Waals surface area contributed by atoms with E-state index in [4.69, 9.17) is 15.3 Å². The molecule has 0 saturated carbocycles. The van der Waals surface area contributed by atoms with Crippen molar-refractivity contribution in [2.75, 3.05) is 19.8 Å². The molecule has 0 spiro atoms. The molecule has 11 heavy (non-hydrogen) atoms. The van der Waals surface area contributed by atoms with Gasteiger partial charge in [0, 0.05) is 25.7 Å². The van der Waals surface area contributed by atoms with Crippen LogP contribution in [-0.2, 0) is 0 Å². The van der Waals surface area contributed by atoms with Crippen LogP contribution in [0.3, 0.4) is 0 Å². The van der Waals surface area contributed by atoms with Crippen molar-refractivity contribution in [3.05, 3.63) is 0 Å². The van der Waals surface area contributed by atoms with Gasteiger partial charge >= 0.3 is 0 Å². The minimum atomic E-state index is -0.0443. The lowest BCUT2D eigenvalue weighted by molar-refractivity contribution is 0.136. The topological polar surface area (TPSA) is 60.7 Å². The molecule has 0 aliphatic carbocycles. The predicted octanol–water partition coefficient (Wildman–Crippen LogP) is -0.335. The van der Waals surface area contributed by atoms with Gasteiger partial charge in [0.05, 0.1) is 0 Å². The van der Waals surface area contributed by atoms with Crippen LogP contribution in [0.1, 0.15) is 12.8 Å². The fourth-order valence-electron chi connectivity index (χ4n) is 0.620. The van der Waals surface area contributed by atoms with Crippen molar-refractivity contribution in [1.82, 2.24) is 0 Å². The normalized spacial score (nSPS) is 8.73. The highest BCUT2D eigenvalue weighted by atomic mass is 19.0. The lowest BCUT2D eigenvalue weighted by atomic mass is 10.1. The predicted molar refractivity (Wildman–Crippen MR) is 39.0 cm³/mol. The summed E-state index contributed by atoms with van der Waals surface area (Å²) >= 11 is 0. The second-order valence-corrected chi connectivity index (χ2v) is 2.10. The van der Waals surface area contributed by atoms with Crippen LogP contribution in [-0.4, -0.2) is 35.1 Å². The number of rotatable bonds is 5. The molecule has 0 aromatic carbocycles. The van der Waals surface area contributed by atoms with Crippen molar-refractivity contribution in [2.45, 2.75) is 12.8 Å². The highest BCUT2D eigenvalue weighted by Crippen LogP contribution is 2.02. The maximum atomic E-state index is 8.51. The molecule has 3 nitrogen and oxygen atoms in total. The quantitative estimate of drug-likeness (QED) is 0.534. The first-order valence-electron chi connectivity index (χ1n) is 3.17. The summed E-state index contributed by atoms with van der Waals surface area (Å²) in [6, 6.07) is 0. The lowest BCUT2D eigenvalue weighted by Gasteiger charge is -2.07. The van der Waals surface area contributed by atoms with E-state index in [0.29, 0.717) is 12.8 Å². The Morgan fingerprint density at radius 3 is 1.64 bits per heavy atom. The zero-order valence-electron chi connectivity index (χ0n) is 6.27. The summed E-state index contributed by atoms with van der Waals surface area (Å²) < 4.78 is 0. The molecule has 0 heterocycles. The van der Waals surface area contributed by atoms with Gasteiger partial charge in [-0.15, -0.1) is 0 Å². The Morgan fingerprint density at radius 1 is 0.909 bits per heavy atom. The molecule has 0 unspecified atom stereocenters. The van der Waals surface area contributed by atoms with Gasteiger partial charge < -0.3 is 15.3 Å². The third kappa shape index (κ3) is 9.74. The van der Waals surface area contributed by atoms with Crippen molar-refractivity contribution >= 4 is 0 Å². The van der Waals surface area contributed by atoms with Gasteiger partial charge in [-0.05, 0) is 12.8 Å². The van der Waals surface area contributed by atoms with Crippen molar-refractivity contribution in [2.24, 2.45) is 5.92 Å². The Hall–Kier alpha value is -0.260. The lowest BCUT2D eigenvalue weighted by Crippen LogP contribution is -2.11. The maximum Gasteiger partial charge on any atom is 0.0481 e. The van der Waals surface area contributed by atoms with Crippen molar-refractivity contribution in [3.8, 4) is 0 Å². The van der Waals surface area contributed by atoms with Crippen LogP contribution >= 0.6 is 0 Å². The molecule has 0 fully saturated rings. The minimum absolute atomic E-state index is 0. The van der Waals surface area contributed by atoms with E-state index in [2.05, 4.69) is 0 Å². The monoisotopic (exact) mass is 174 g/mol. The van der Waals surface area contributed by atoms with Crippen LogP contribution < -0.4 is 0 Å². The van der Waals surface area contributed by atoms with Crippen LogP contribution in [0.4, 0.5) is 9.41 Å². The second kappa shape index (κ2) is 12.4. The van der Waals surface area contributed by atoms with Gasteiger partial charge in [-0.1, -0.05) is 0 Å². The van der Waals surface area contributed by atoms with Crippen molar-refractivity contribution in [3.63, 3.8) is 0 Å². The molecule has 0 aliphatic heterocycles. The van der Waals surface area contributed by atoms with Gasteiger partial charge in [-0.25, -0.2) is 0 Å². The molecule has 0 radical (unpaired) electrons. The Balaban J connectivity index is -0.000000320. The maximum absolute atomic E-state index is 8.51. The van der Waals surface area contributed by atoms with E-state index in [1.54, 1.807) is 0 Å². The van der Waals surface area contributed by atoms with E-state index in [9.17, 15) is 0 Å². The molecule has 0 aromatic heterocycles. The van der Waals surface area contributed by atoms with Gasteiger partial charge in [0.15, 0.2) is 0 Å². The Bertz CT molecular complexity index is 59.8. The average Bonchev–Trinajstić information content (AvgIpc) is 1.91. The van der Waals surface area contributed by atoms with Gasteiger partial charge in [0.1, 0.15) is 0 Å². The molecule has 3 N–H and O–H groups in total. The average molecular weight is 174 g/mol. The van der Waals surface area contributed by atoms with Crippen LogP contribution in [0.25, 0.3) is 0 Å². The van der Waals surface area contributed by atoms with Gasteiger partial charge in [-0.3, -0.25) is 9.41 Å². The first-order chi connectivity index (χ1) is 4.35. The molecule has 0 saturated heterocycles. The number of halogens is 2. The van der Waals surface area contributed by atoms with Crippen LogP contribution in [0, 0.1) is 5.92 Å². The number of aliphatic hydroxyl groups is 3. The number of aliphatic hydroxyl groups excluding tert-OH is 3. The molecule has 0 aliphatic rings. The smallest absolute Gasteiger partial charge is 0.0481 e. The largest absolute Gasteiger partial charge is 0.396 e. The van der Waals surface area contributed by atoms with E-state index in [-0.39, 0.29) is 35.1 Å². The molecule has 72 valence electrons. The van der Waals surface area contributed by atoms with E-state index in [0.717, 1.165) is 0 Å². The highest BCUT2D eigenvalue weighted by molar-refractivity contribution is 4.53. The van der Waals surface area contributed by atoms with Crippen LogP contribution in [0.5, 0.6) is 0 Å².